The normalized spacial score (nSPS) is 11.3. The molecule has 3 N–H and O–H groups in total. The number of aryl methyl sites for hydroxylation is 2. The molecule has 4 rings (SSSR count). The fourth-order valence-corrected chi connectivity index (χ4v) is 4.75. The molecule has 0 aliphatic rings. The quantitative estimate of drug-likeness (QED) is 0.136. The lowest BCUT2D eigenvalue weighted by molar-refractivity contribution is -0.153. The van der Waals surface area contributed by atoms with Crippen LogP contribution in [0.25, 0.3) is 5.52 Å². The van der Waals surface area contributed by atoms with Gasteiger partial charge in [0.2, 0.25) is 6.79 Å². The highest BCUT2D eigenvalue weighted by molar-refractivity contribution is 6.05. The molecular formula is C34H39N7O8. The Morgan fingerprint density at radius 1 is 0.939 bits per heavy atom. The number of hydrogen-bond donors (Lipinski definition) is 3. The monoisotopic (exact) mass is 673 g/mol. The first-order chi connectivity index (χ1) is 23.5. The van der Waals surface area contributed by atoms with Crippen LogP contribution in [0.2, 0.25) is 0 Å². The van der Waals surface area contributed by atoms with Crippen molar-refractivity contribution in [3.8, 4) is 0 Å². The van der Waals surface area contributed by atoms with Crippen molar-refractivity contribution in [2.24, 2.45) is 0 Å². The molecule has 0 radical (unpaired) electrons. The van der Waals surface area contributed by atoms with Crippen molar-refractivity contribution >= 4 is 47.0 Å². The summed E-state index contributed by atoms with van der Waals surface area (Å²) >= 11 is 0. The number of nitrogens with zero attached hydrogens (tertiary/aromatic N) is 4. The van der Waals surface area contributed by atoms with Gasteiger partial charge in [-0.25, -0.2) is 28.8 Å². The highest BCUT2D eigenvalue weighted by Gasteiger charge is 2.29. The molecule has 1 atom stereocenters. The van der Waals surface area contributed by atoms with E-state index in [0.29, 0.717) is 35.3 Å². The molecular weight excluding hydrogens is 634 g/mol. The highest BCUT2D eigenvalue weighted by atomic mass is 16.7. The van der Waals surface area contributed by atoms with Gasteiger partial charge >= 0.3 is 18.2 Å². The summed E-state index contributed by atoms with van der Waals surface area (Å²) < 4.78 is 17.1. The number of ether oxygens (including phenoxy) is 3. The molecule has 4 amide bonds. The molecule has 1 unspecified atom stereocenters. The van der Waals surface area contributed by atoms with E-state index in [1.807, 2.05) is 13.0 Å². The number of alkyl carbamates (subject to hydrolysis) is 1. The van der Waals surface area contributed by atoms with E-state index < -0.39 is 31.0 Å². The molecule has 4 aromatic rings. The number of anilines is 2. The standard InChI is InChI=1S/C34H39N7O8/c1-6-15-36-30(42)25-14-13-21(3)27(16-25)41(29-28-22(4)26(31(43)35-7-2)17-40(28)38-19-37-29)34(46)49-20-48-32(44)23(5)39-33(45)47-18-24-11-9-8-10-12-24/h8-14,16-17,19,23H,6-7,15,18,20H2,1-5H3,(H,35,43)(H,36,42)(H,39,45). The molecule has 0 bridgehead atoms. The molecule has 0 saturated carbocycles. The van der Waals surface area contributed by atoms with E-state index in [2.05, 4.69) is 26.0 Å². The van der Waals surface area contributed by atoms with Gasteiger partial charge in [0, 0.05) is 24.8 Å². The second-order valence-corrected chi connectivity index (χ2v) is 10.9. The van der Waals surface area contributed by atoms with E-state index in [1.165, 1.54) is 30.0 Å². The zero-order valence-electron chi connectivity index (χ0n) is 27.9. The van der Waals surface area contributed by atoms with Crippen LogP contribution in [0.4, 0.5) is 21.1 Å². The second kappa shape index (κ2) is 16.7. The zero-order chi connectivity index (χ0) is 35.5. The van der Waals surface area contributed by atoms with Gasteiger partial charge in [0.15, 0.2) is 5.82 Å². The van der Waals surface area contributed by atoms with Crippen LogP contribution in [0.1, 0.15) is 64.6 Å². The average Bonchev–Trinajstić information content (AvgIpc) is 3.44. The van der Waals surface area contributed by atoms with Crippen LogP contribution in [-0.4, -0.2) is 70.5 Å². The number of amides is 4. The number of aromatic nitrogens is 3. The van der Waals surface area contributed by atoms with E-state index >= 15 is 0 Å². The summed E-state index contributed by atoms with van der Waals surface area (Å²) in [4.78, 5) is 69.9. The summed E-state index contributed by atoms with van der Waals surface area (Å²) in [6, 6.07) is 12.7. The molecule has 258 valence electrons. The van der Waals surface area contributed by atoms with Gasteiger partial charge < -0.3 is 30.2 Å². The number of esters is 1. The van der Waals surface area contributed by atoms with E-state index in [1.54, 1.807) is 57.2 Å². The highest BCUT2D eigenvalue weighted by Crippen LogP contribution is 2.34. The Morgan fingerprint density at radius 3 is 2.41 bits per heavy atom. The number of hydrogen-bond acceptors (Lipinski definition) is 10. The van der Waals surface area contributed by atoms with Crippen molar-refractivity contribution in [3.63, 3.8) is 0 Å². The summed E-state index contributed by atoms with van der Waals surface area (Å²) in [7, 11) is 0. The van der Waals surface area contributed by atoms with Gasteiger partial charge in [-0.15, -0.1) is 0 Å². The summed E-state index contributed by atoms with van der Waals surface area (Å²) in [5, 5.41) is 12.2. The Hall–Kier alpha value is -5.99. The van der Waals surface area contributed by atoms with Gasteiger partial charge in [-0.05, 0) is 62.9 Å². The largest absolute Gasteiger partial charge is 0.445 e. The summed E-state index contributed by atoms with van der Waals surface area (Å²) in [6.07, 6.45) is 1.61. The number of fused-ring (bicyclic) bond motifs is 1. The third-order valence-corrected chi connectivity index (χ3v) is 7.32. The smallest absolute Gasteiger partial charge is 0.423 e. The van der Waals surface area contributed by atoms with Gasteiger partial charge in [-0.2, -0.15) is 5.10 Å². The molecule has 0 fully saturated rings. The third-order valence-electron chi connectivity index (χ3n) is 7.32. The number of nitrogens with one attached hydrogen (secondary N) is 3. The van der Waals surface area contributed by atoms with E-state index in [4.69, 9.17) is 14.2 Å². The first-order valence-corrected chi connectivity index (χ1v) is 15.7. The molecule has 2 aromatic heterocycles. The maximum atomic E-state index is 13.9. The summed E-state index contributed by atoms with van der Waals surface area (Å²) in [5.74, 6) is -1.53. The minimum atomic E-state index is -1.13. The lowest BCUT2D eigenvalue weighted by Crippen LogP contribution is -2.40. The summed E-state index contributed by atoms with van der Waals surface area (Å²) in [5.41, 5.74) is 3.00. The molecule has 2 heterocycles. The van der Waals surface area contributed by atoms with Gasteiger partial charge in [0.1, 0.15) is 24.5 Å². The Kier molecular flexibility index (Phi) is 12.2. The Bertz CT molecular complexity index is 1830. The van der Waals surface area contributed by atoms with Crippen molar-refractivity contribution in [3.05, 3.63) is 88.9 Å². The van der Waals surface area contributed by atoms with Gasteiger partial charge in [-0.1, -0.05) is 43.3 Å². The zero-order valence-corrected chi connectivity index (χ0v) is 27.9. The van der Waals surface area contributed by atoms with E-state index in [9.17, 15) is 24.0 Å². The average molecular weight is 674 g/mol. The SMILES string of the molecule is CCCNC(=O)c1ccc(C)c(N(C(=O)OCOC(=O)C(C)NC(=O)OCc2ccccc2)c2ncnn3cc(C(=O)NCC)c(C)c23)c1. The van der Waals surface area contributed by atoms with Crippen LogP contribution < -0.4 is 20.9 Å². The Morgan fingerprint density at radius 2 is 1.69 bits per heavy atom. The minimum Gasteiger partial charge on any atom is -0.445 e. The number of rotatable bonds is 13. The van der Waals surface area contributed by atoms with E-state index in [0.717, 1.165) is 16.9 Å². The molecule has 15 heteroatoms. The number of benzene rings is 2. The van der Waals surface area contributed by atoms with Gasteiger partial charge in [-0.3, -0.25) is 9.59 Å². The van der Waals surface area contributed by atoms with Crippen molar-refractivity contribution in [2.45, 2.75) is 53.7 Å². The van der Waals surface area contributed by atoms with Gasteiger partial charge in [0.25, 0.3) is 11.8 Å². The molecule has 0 spiro atoms. The first-order valence-electron chi connectivity index (χ1n) is 15.7. The van der Waals surface area contributed by atoms with Crippen molar-refractivity contribution < 1.29 is 38.2 Å². The van der Waals surface area contributed by atoms with Crippen molar-refractivity contribution in [1.82, 2.24) is 30.5 Å². The predicted molar refractivity (Wildman–Crippen MR) is 178 cm³/mol. The lowest BCUT2D eigenvalue weighted by Gasteiger charge is -2.24. The van der Waals surface area contributed by atoms with Crippen LogP contribution in [0.5, 0.6) is 0 Å². The summed E-state index contributed by atoms with van der Waals surface area (Å²) in [6.45, 7) is 8.57. The van der Waals surface area contributed by atoms with Crippen LogP contribution in [0.15, 0.2) is 61.1 Å². The predicted octanol–water partition coefficient (Wildman–Crippen LogP) is 4.33. The molecule has 49 heavy (non-hydrogen) atoms. The number of carbonyl (C=O) groups is 5. The maximum absolute atomic E-state index is 13.9. The van der Waals surface area contributed by atoms with Gasteiger partial charge in [0.05, 0.1) is 11.3 Å². The topological polar surface area (TPSA) is 183 Å². The fraction of sp³-hybridized carbons (Fsp3) is 0.324. The maximum Gasteiger partial charge on any atom is 0.423 e. The van der Waals surface area contributed by atoms with Crippen molar-refractivity contribution in [2.75, 3.05) is 24.8 Å². The molecule has 2 aromatic carbocycles. The minimum absolute atomic E-state index is 0.00495. The second-order valence-electron chi connectivity index (χ2n) is 10.9. The Balaban J connectivity index is 1.58. The number of carbonyl (C=O) groups excluding carboxylic acids is 5. The third kappa shape index (κ3) is 8.88. The fourth-order valence-electron chi connectivity index (χ4n) is 4.75. The first kappa shape index (κ1) is 35.9. The molecule has 0 aliphatic heterocycles. The van der Waals surface area contributed by atoms with Crippen LogP contribution in [0, 0.1) is 13.8 Å². The lowest BCUT2D eigenvalue weighted by atomic mass is 10.1. The van der Waals surface area contributed by atoms with Crippen LogP contribution in [0.3, 0.4) is 0 Å². The van der Waals surface area contributed by atoms with E-state index in [-0.39, 0.29) is 35.5 Å². The van der Waals surface area contributed by atoms with Crippen molar-refractivity contribution in [1.29, 1.82) is 0 Å². The molecule has 0 saturated heterocycles. The van der Waals surface area contributed by atoms with Crippen LogP contribution >= 0.6 is 0 Å². The Labute approximate surface area is 282 Å². The molecule has 0 aliphatic carbocycles. The molecule has 15 nitrogen and oxygen atoms in total. The van der Waals surface area contributed by atoms with Crippen LogP contribution in [-0.2, 0) is 25.6 Å².